The van der Waals surface area contributed by atoms with Gasteiger partial charge in [0.1, 0.15) is 0 Å². The molecule has 0 aromatic heterocycles. The molecule has 0 fully saturated rings. The molecule has 0 aliphatic carbocycles. The van der Waals surface area contributed by atoms with Crippen molar-refractivity contribution < 1.29 is 81.4 Å². The van der Waals surface area contributed by atoms with Crippen molar-refractivity contribution in [3.63, 3.8) is 0 Å². The smallest absolute Gasteiger partial charge is 0.481 e. The largest absolute Gasteiger partial charge is 2.00 e. The van der Waals surface area contributed by atoms with Gasteiger partial charge in [-0.15, -0.1) is 0 Å². The molecule has 0 aliphatic heterocycles. The van der Waals surface area contributed by atoms with Gasteiger partial charge in [-0.25, -0.2) is 4.79 Å². The average molecular weight is 271 g/mol. The van der Waals surface area contributed by atoms with Crippen molar-refractivity contribution in [3.05, 3.63) is 0 Å². The maximum atomic E-state index is 10.3. The van der Waals surface area contributed by atoms with Crippen LogP contribution in [-0.2, 0) is 31.5 Å². The molecule has 0 saturated heterocycles. The summed E-state index contributed by atoms with van der Waals surface area (Å²) in [5, 5.41) is 33.8. The third-order valence-corrected chi connectivity index (χ3v) is 1.29. The topological polar surface area (TPSA) is 132 Å². The summed E-state index contributed by atoms with van der Waals surface area (Å²) in [5.74, 6) is -5.02. The van der Waals surface area contributed by atoms with Gasteiger partial charge in [-0.05, 0) is 0 Å². The summed E-state index contributed by atoms with van der Waals surface area (Å²) in [6, 6.07) is 0. The molecule has 80 valence electrons. The van der Waals surface area contributed by atoms with E-state index in [1.54, 1.807) is 0 Å². The molecule has 0 heterocycles. The van der Waals surface area contributed by atoms with Crippen molar-refractivity contribution in [1.82, 2.24) is 0 Å². The minimum absolute atomic E-state index is 0. The number of aliphatic carboxylic acids is 3. The Labute approximate surface area is 117 Å². The molecule has 0 amide bonds. The van der Waals surface area contributed by atoms with Gasteiger partial charge in [0.15, 0.2) is 5.60 Å². The van der Waals surface area contributed by atoms with E-state index in [1.165, 1.54) is 0 Å². The molecule has 0 aliphatic rings. The zero-order chi connectivity index (χ0) is 10.6. The van der Waals surface area contributed by atoms with Crippen LogP contribution in [0.3, 0.4) is 0 Å². The van der Waals surface area contributed by atoms with Gasteiger partial charge < -0.3 is 20.4 Å². The van der Waals surface area contributed by atoms with E-state index in [0.717, 1.165) is 0 Å². The Bertz CT molecular complexity index is 238. The molecule has 0 spiro atoms. The number of aliphatic hydroxyl groups is 1. The molecule has 0 bridgehead atoms. The molecule has 0 aromatic rings. The summed E-state index contributed by atoms with van der Waals surface area (Å²) in [7, 11) is 0. The number of rotatable bonds is 5. The second-order valence-electron chi connectivity index (χ2n) is 2.48. The van der Waals surface area contributed by atoms with Gasteiger partial charge in [0.2, 0.25) is 0 Å². The summed E-state index contributed by atoms with van der Waals surface area (Å²) >= 11 is 0. The first-order chi connectivity index (χ1) is 5.78. The van der Waals surface area contributed by atoms with Crippen LogP contribution in [0.4, 0.5) is 0 Å². The normalized spacial score (nSPS) is 9.40. The van der Waals surface area contributed by atoms with Crippen molar-refractivity contribution in [2.75, 3.05) is 0 Å². The van der Waals surface area contributed by atoms with E-state index in [1.807, 2.05) is 0 Å². The fraction of sp³-hybridized carbons (Fsp3) is 0.500. The van der Waals surface area contributed by atoms with Crippen LogP contribution in [0, 0.1) is 0 Å². The average Bonchev–Trinajstić information content (AvgIpc) is 1.82. The van der Waals surface area contributed by atoms with Gasteiger partial charge in [-0.1, -0.05) is 0 Å². The maximum absolute atomic E-state index is 10.3. The molecule has 0 unspecified atom stereocenters. The Hall–Kier alpha value is -0.111. The van der Waals surface area contributed by atoms with Gasteiger partial charge in [0.05, 0.1) is 12.8 Å². The van der Waals surface area contributed by atoms with Crippen LogP contribution in [0.5, 0.6) is 0 Å². The molecule has 4 N–H and O–H groups in total. The Morgan fingerprint density at radius 2 is 1.20 bits per heavy atom. The van der Waals surface area contributed by atoms with Crippen LogP contribution < -0.4 is 29.6 Å². The van der Waals surface area contributed by atoms with E-state index in [-0.39, 0.29) is 46.6 Å². The minimum Gasteiger partial charge on any atom is -0.481 e. The number of carboxylic acids is 3. The monoisotopic (exact) mass is 271 g/mol. The van der Waals surface area contributed by atoms with Gasteiger partial charge in [-0.3, -0.25) is 9.59 Å². The first-order valence-corrected chi connectivity index (χ1v) is 3.17. The zero-order valence-electron chi connectivity index (χ0n) is 7.78. The van der Waals surface area contributed by atoms with Crippen LogP contribution in [0.15, 0.2) is 0 Å². The molecule has 0 aromatic carbocycles. The number of hydrogen-bond acceptors (Lipinski definition) is 4. The molecule has 9 heteroatoms. The van der Waals surface area contributed by atoms with Crippen molar-refractivity contribution in [2.45, 2.75) is 18.4 Å². The summed E-state index contributed by atoms with van der Waals surface area (Å²) in [4.78, 5) is 30.5. The first-order valence-electron chi connectivity index (χ1n) is 3.17. The minimum atomic E-state index is -2.74. The van der Waals surface area contributed by atoms with E-state index >= 15 is 0 Å². The first kappa shape index (κ1) is 20.3. The Balaban J connectivity index is -0.000000720. The number of carbonyl (C=O) groups is 3. The van der Waals surface area contributed by atoms with Crippen molar-refractivity contribution >= 4 is 17.9 Å². The Morgan fingerprint density at radius 1 is 0.933 bits per heavy atom. The standard InChI is InChI=1S/C6H8O7.Fe.Na/c7-3(8)1-6(13,5(11)12)2-4(9)10;;/h13H,1-2H2,(H,7,8)(H,9,10)(H,11,12);;/q;+2;+1. The SMILES string of the molecule is O=C(O)CC(O)(CC(=O)O)C(=O)O.[Fe+2].[Na+]. The van der Waals surface area contributed by atoms with Gasteiger partial charge in [-0.2, -0.15) is 0 Å². The molecule has 0 radical (unpaired) electrons. The predicted octanol–water partition coefficient (Wildman–Crippen LogP) is -4.25. The van der Waals surface area contributed by atoms with Crippen molar-refractivity contribution in [1.29, 1.82) is 0 Å². The third-order valence-electron chi connectivity index (χ3n) is 1.29. The van der Waals surface area contributed by atoms with Crippen molar-refractivity contribution in [2.24, 2.45) is 0 Å². The summed E-state index contributed by atoms with van der Waals surface area (Å²) in [6.45, 7) is 0. The number of hydrogen-bond donors (Lipinski definition) is 4. The second kappa shape index (κ2) is 8.09. The van der Waals surface area contributed by atoms with E-state index in [4.69, 9.17) is 20.4 Å². The number of carboxylic acid groups (broad SMARTS) is 3. The molecular formula is C6H8FeNaO7+3. The molecule has 0 saturated carbocycles. The van der Waals surface area contributed by atoms with Crippen LogP contribution in [0.2, 0.25) is 0 Å². The van der Waals surface area contributed by atoms with E-state index in [9.17, 15) is 14.4 Å². The summed E-state index contributed by atoms with van der Waals surface area (Å²) in [6.07, 6.45) is -2.29. The van der Waals surface area contributed by atoms with Gasteiger partial charge in [0, 0.05) is 0 Å². The molecular weight excluding hydrogens is 263 g/mol. The van der Waals surface area contributed by atoms with E-state index < -0.39 is 36.4 Å². The zero-order valence-corrected chi connectivity index (χ0v) is 10.9. The van der Waals surface area contributed by atoms with Crippen LogP contribution >= 0.6 is 0 Å². The Morgan fingerprint density at radius 3 is 1.33 bits per heavy atom. The third kappa shape index (κ3) is 7.78. The Kier molecular flexibility index (Phi) is 11.0. The van der Waals surface area contributed by atoms with E-state index in [0.29, 0.717) is 0 Å². The quantitative estimate of drug-likeness (QED) is 0.372. The van der Waals surface area contributed by atoms with Crippen LogP contribution in [0.25, 0.3) is 0 Å². The molecule has 0 atom stereocenters. The predicted molar refractivity (Wildman–Crippen MR) is 37.1 cm³/mol. The fourth-order valence-electron chi connectivity index (χ4n) is 0.714. The summed E-state index contributed by atoms with van der Waals surface area (Å²) < 4.78 is 0. The maximum Gasteiger partial charge on any atom is 2.00 e. The van der Waals surface area contributed by atoms with Crippen LogP contribution in [-0.4, -0.2) is 43.9 Å². The van der Waals surface area contributed by atoms with Gasteiger partial charge in [0.25, 0.3) is 0 Å². The molecule has 7 nitrogen and oxygen atoms in total. The molecule has 0 rings (SSSR count). The van der Waals surface area contributed by atoms with Crippen molar-refractivity contribution in [3.8, 4) is 0 Å². The molecule has 15 heavy (non-hydrogen) atoms. The van der Waals surface area contributed by atoms with Crippen LogP contribution in [0.1, 0.15) is 12.8 Å². The summed E-state index contributed by atoms with van der Waals surface area (Å²) in [5.41, 5.74) is -2.74. The fourth-order valence-corrected chi connectivity index (χ4v) is 0.714. The van der Waals surface area contributed by atoms with Gasteiger partial charge >= 0.3 is 64.5 Å². The van der Waals surface area contributed by atoms with E-state index in [2.05, 4.69) is 0 Å². The second-order valence-corrected chi connectivity index (χ2v) is 2.48.